The van der Waals surface area contributed by atoms with Gasteiger partial charge in [0.15, 0.2) is 5.78 Å². The lowest BCUT2D eigenvalue weighted by Crippen LogP contribution is -2.39. The molecule has 3 rings (SSSR count). The summed E-state index contributed by atoms with van der Waals surface area (Å²) in [4.78, 5) is 21.5. The van der Waals surface area contributed by atoms with Crippen LogP contribution in [0.25, 0.3) is 0 Å². The maximum atomic E-state index is 13.1. The van der Waals surface area contributed by atoms with Crippen LogP contribution in [-0.2, 0) is 9.53 Å². The lowest BCUT2D eigenvalue weighted by molar-refractivity contribution is -0.118. The van der Waals surface area contributed by atoms with Crippen LogP contribution in [0.3, 0.4) is 0 Å². The molecule has 2 heterocycles. The number of nitrogens with one attached hydrogen (secondary N) is 1. The number of allylic oxidation sites excluding steroid dienone is 3. The number of carbonyl (C=O) groups is 1. The van der Waals surface area contributed by atoms with Gasteiger partial charge in [0, 0.05) is 67.1 Å². The summed E-state index contributed by atoms with van der Waals surface area (Å²) in [6, 6.07) is 3.94. The van der Waals surface area contributed by atoms with Crippen LogP contribution in [0, 0.1) is 5.41 Å². The van der Waals surface area contributed by atoms with Crippen molar-refractivity contribution in [2.75, 3.05) is 26.8 Å². The minimum atomic E-state index is -0.159. The Hall–Kier alpha value is -2.31. The Kier molecular flexibility index (Phi) is 5.87. The number of ketones is 1. The first kappa shape index (κ1) is 19.5. The molecule has 0 spiro atoms. The van der Waals surface area contributed by atoms with Crippen LogP contribution >= 0.6 is 0 Å². The quantitative estimate of drug-likeness (QED) is 0.594. The first-order valence-corrected chi connectivity index (χ1v) is 9.33. The normalized spacial score (nSPS) is 22.2. The summed E-state index contributed by atoms with van der Waals surface area (Å²) in [5.74, 6) is 0.0347. The van der Waals surface area contributed by atoms with Gasteiger partial charge >= 0.3 is 0 Å². The molecule has 1 aliphatic heterocycles. The number of hydrogen-bond acceptors (Lipinski definition) is 6. The fraction of sp³-hybridized carbons (Fsp3) is 0.476. The number of nitrogens with two attached hydrogens (primary N) is 1. The number of carbonyl (C=O) groups excluding carboxylic acids is 1. The number of hydrogen-bond donors (Lipinski definition) is 2. The fourth-order valence-electron chi connectivity index (χ4n) is 3.94. The van der Waals surface area contributed by atoms with Crippen LogP contribution < -0.4 is 11.1 Å². The molecule has 0 bridgehead atoms. The van der Waals surface area contributed by atoms with Crippen molar-refractivity contribution in [2.45, 2.75) is 32.6 Å². The first-order valence-electron chi connectivity index (χ1n) is 9.33. The molecule has 1 unspecified atom stereocenters. The van der Waals surface area contributed by atoms with Crippen molar-refractivity contribution in [1.82, 2.24) is 10.3 Å². The van der Waals surface area contributed by atoms with Crippen molar-refractivity contribution in [2.24, 2.45) is 16.1 Å². The predicted molar refractivity (Wildman–Crippen MR) is 106 cm³/mol. The van der Waals surface area contributed by atoms with E-state index in [2.05, 4.69) is 29.1 Å². The standard InChI is InChI=1S/C21H28N4O2/c1-21(2)10-16-20(18(26)11-21)19(14-4-7-24-8-5-14)15(12-23-3)17(25-16)13-27-9-6-22/h4-5,7-8,12,19,25H,6,9-11,13,22H2,1-3H3. The van der Waals surface area contributed by atoms with Gasteiger partial charge in [-0.1, -0.05) is 13.8 Å². The second kappa shape index (κ2) is 8.15. The van der Waals surface area contributed by atoms with Crippen LogP contribution in [0.5, 0.6) is 0 Å². The average molecular weight is 368 g/mol. The van der Waals surface area contributed by atoms with Gasteiger partial charge in [-0.05, 0) is 29.5 Å². The van der Waals surface area contributed by atoms with Gasteiger partial charge in [-0.2, -0.15) is 0 Å². The Labute approximate surface area is 160 Å². The SMILES string of the molecule is CN=CC1=C(COCCN)NC2=C(C(=O)CC(C)(C)C2)C1c1ccncc1. The van der Waals surface area contributed by atoms with Crippen molar-refractivity contribution >= 4 is 12.0 Å². The Morgan fingerprint density at radius 3 is 2.78 bits per heavy atom. The molecule has 6 nitrogen and oxygen atoms in total. The molecule has 0 saturated heterocycles. The topological polar surface area (TPSA) is 89.6 Å². The lowest BCUT2D eigenvalue weighted by atomic mass is 9.69. The highest BCUT2D eigenvalue weighted by Gasteiger charge is 2.41. The summed E-state index contributed by atoms with van der Waals surface area (Å²) in [5, 5.41) is 3.50. The van der Waals surface area contributed by atoms with E-state index in [1.165, 1.54) is 0 Å². The number of dihydropyridines is 1. The minimum absolute atomic E-state index is 0.0642. The van der Waals surface area contributed by atoms with E-state index >= 15 is 0 Å². The van der Waals surface area contributed by atoms with Crippen LogP contribution in [0.15, 0.2) is 52.1 Å². The number of nitrogens with zero attached hydrogens (tertiary/aromatic N) is 2. The number of aromatic nitrogens is 1. The highest BCUT2D eigenvalue weighted by molar-refractivity contribution is 6.02. The number of pyridine rings is 1. The summed E-state index contributed by atoms with van der Waals surface area (Å²) in [7, 11) is 1.74. The maximum Gasteiger partial charge on any atom is 0.162 e. The molecule has 0 aromatic carbocycles. The molecule has 1 aliphatic carbocycles. The Bertz CT molecular complexity index is 794. The van der Waals surface area contributed by atoms with Gasteiger partial charge < -0.3 is 15.8 Å². The van der Waals surface area contributed by atoms with Gasteiger partial charge in [0.1, 0.15) is 0 Å². The molecule has 0 amide bonds. The van der Waals surface area contributed by atoms with Crippen molar-refractivity contribution in [3.8, 4) is 0 Å². The van der Waals surface area contributed by atoms with Gasteiger partial charge in [-0.15, -0.1) is 0 Å². The van der Waals surface area contributed by atoms with E-state index in [0.29, 0.717) is 26.2 Å². The lowest BCUT2D eigenvalue weighted by Gasteiger charge is -2.39. The fourth-order valence-corrected chi connectivity index (χ4v) is 3.94. The van der Waals surface area contributed by atoms with E-state index in [0.717, 1.165) is 34.5 Å². The molecule has 6 heteroatoms. The summed E-state index contributed by atoms with van der Waals surface area (Å²) in [5.41, 5.74) is 10.3. The Morgan fingerprint density at radius 2 is 2.11 bits per heavy atom. The summed E-state index contributed by atoms with van der Waals surface area (Å²) < 4.78 is 5.71. The molecule has 144 valence electrons. The predicted octanol–water partition coefficient (Wildman–Crippen LogP) is 2.34. The molecule has 1 atom stereocenters. The van der Waals surface area contributed by atoms with Gasteiger partial charge in [-0.25, -0.2) is 0 Å². The molecule has 3 N–H and O–H groups in total. The third-order valence-electron chi connectivity index (χ3n) is 4.99. The summed E-state index contributed by atoms with van der Waals surface area (Å²) in [6.07, 6.45) is 6.73. The molecule has 0 fully saturated rings. The summed E-state index contributed by atoms with van der Waals surface area (Å²) in [6.45, 7) is 5.63. The number of aliphatic imine (C=N–C) groups is 1. The van der Waals surface area contributed by atoms with Gasteiger partial charge in [0.05, 0.1) is 13.2 Å². The van der Waals surface area contributed by atoms with E-state index in [-0.39, 0.29) is 17.1 Å². The van der Waals surface area contributed by atoms with Crippen LogP contribution in [-0.4, -0.2) is 43.8 Å². The van der Waals surface area contributed by atoms with E-state index in [4.69, 9.17) is 10.5 Å². The molecular formula is C21H28N4O2. The highest BCUT2D eigenvalue weighted by Crippen LogP contribution is 2.46. The van der Waals surface area contributed by atoms with Gasteiger partial charge in [0.2, 0.25) is 0 Å². The Morgan fingerprint density at radius 1 is 1.37 bits per heavy atom. The molecule has 0 saturated carbocycles. The zero-order valence-corrected chi connectivity index (χ0v) is 16.3. The van der Waals surface area contributed by atoms with Crippen LogP contribution in [0.4, 0.5) is 0 Å². The van der Waals surface area contributed by atoms with E-state index in [1.807, 2.05) is 18.3 Å². The Balaban J connectivity index is 2.11. The monoisotopic (exact) mass is 368 g/mol. The molecule has 27 heavy (non-hydrogen) atoms. The molecular weight excluding hydrogens is 340 g/mol. The van der Waals surface area contributed by atoms with Crippen LogP contribution in [0.1, 0.15) is 38.2 Å². The largest absolute Gasteiger partial charge is 0.374 e. The molecule has 1 aromatic heterocycles. The third-order valence-corrected chi connectivity index (χ3v) is 4.99. The van der Waals surface area contributed by atoms with Crippen molar-refractivity contribution in [1.29, 1.82) is 0 Å². The third kappa shape index (κ3) is 4.17. The first-order chi connectivity index (χ1) is 13.0. The van der Waals surface area contributed by atoms with Crippen molar-refractivity contribution < 1.29 is 9.53 Å². The minimum Gasteiger partial charge on any atom is -0.374 e. The zero-order chi connectivity index (χ0) is 19.4. The second-order valence-electron chi connectivity index (χ2n) is 7.83. The van der Waals surface area contributed by atoms with Crippen molar-refractivity contribution in [3.63, 3.8) is 0 Å². The number of ether oxygens (including phenoxy) is 1. The maximum absolute atomic E-state index is 13.1. The molecule has 0 radical (unpaired) electrons. The number of Topliss-reactive ketones (excluding diaryl/α,β-unsaturated/α-hetero) is 1. The van der Waals surface area contributed by atoms with E-state index in [9.17, 15) is 4.79 Å². The highest BCUT2D eigenvalue weighted by atomic mass is 16.5. The number of rotatable bonds is 6. The van der Waals surface area contributed by atoms with Gasteiger partial charge in [0.25, 0.3) is 0 Å². The van der Waals surface area contributed by atoms with E-state index in [1.54, 1.807) is 19.4 Å². The molecule has 1 aromatic rings. The van der Waals surface area contributed by atoms with Crippen molar-refractivity contribution in [3.05, 3.63) is 52.6 Å². The molecule has 2 aliphatic rings. The summed E-state index contributed by atoms with van der Waals surface area (Å²) >= 11 is 0. The van der Waals surface area contributed by atoms with E-state index < -0.39 is 0 Å². The second-order valence-corrected chi connectivity index (χ2v) is 7.83. The zero-order valence-electron chi connectivity index (χ0n) is 16.3. The average Bonchev–Trinajstić information content (AvgIpc) is 2.62. The van der Waals surface area contributed by atoms with Gasteiger partial charge in [-0.3, -0.25) is 14.8 Å². The smallest absolute Gasteiger partial charge is 0.162 e. The van der Waals surface area contributed by atoms with Crippen LogP contribution in [0.2, 0.25) is 0 Å².